The minimum absolute atomic E-state index is 0.0213. The molecule has 0 saturated carbocycles. The highest BCUT2D eigenvalue weighted by atomic mass is 16.5. The third-order valence-corrected chi connectivity index (χ3v) is 5.46. The topological polar surface area (TPSA) is 61.9 Å². The van der Waals surface area contributed by atoms with Gasteiger partial charge in [0.2, 0.25) is 5.91 Å². The molecule has 0 unspecified atom stereocenters. The van der Waals surface area contributed by atoms with Crippen molar-refractivity contribution < 1.29 is 14.3 Å². The van der Waals surface area contributed by atoms with Gasteiger partial charge in [-0.3, -0.25) is 4.79 Å². The van der Waals surface area contributed by atoms with Crippen molar-refractivity contribution in [1.82, 2.24) is 15.1 Å². The summed E-state index contributed by atoms with van der Waals surface area (Å²) in [6.45, 7) is 7.43. The molecule has 27 heavy (non-hydrogen) atoms. The van der Waals surface area contributed by atoms with Crippen molar-refractivity contribution in [1.29, 1.82) is 0 Å². The van der Waals surface area contributed by atoms with Crippen LogP contribution in [0.1, 0.15) is 38.7 Å². The molecule has 0 aromatic heterocycles. The Labute approximate surface area is 161 Å². The Balaban J connectivity index is 1.34. The molecular formula is C21H31N3O3. The van der Waals surface area contributed by atoms with Gasteiger partial charge in [0.15, 0.2) is 0 Å². The maximum Gasteiger partial charge on any atom is 0.317 e. The van der Waals surface area contributed by atoms with E-state index < -0.39 is 0 Å². The molecule has 3 rings (SSSR count). The lowest BCUT2D eigenvalue weighted by atomic mass is 10.1. The lowest BCUT2D eigenvalue weighted by molar-refractivity contribution is -0.129. The molecule has 1 aromatic carbocycles. The lowest BCUT2D eigenvalue weighted by Gasteiger charge is -2.32. The van der Waals surface area contributed by atoms with Crippen LogP contribution in [0.5, 0.6) is 0 Å². The number of likely N-dealkylation sites (tertiary alicyclic amines) is 2. The second kappa shape index (κ2) is 9.22. The van der Waals surface area contributed by atoms with Crippen molar-refractivity contribution >= 4 is 11.9 Å². The molecule has 0 spiro atoms. The summed E-state index contributed by atoms with van der Waals surface area (Å²) in [7, 11) is 0. The first-order valence-electron chi connectivity index (χ1n) is 10.0. The van der Waals surface area contributed by atoms with Gasteiger partial charge in [-0.05, 0) is 32.3 Å². The highest BCUT2D eigenvalue weighted by Crippen LogP contribution is 2.20. The summed E-state index contributed by atoms with van der Waals surface area (Å²) in [6.07, 6.45) is 2.47. The molecule has 0 radical (unpaired) electrons. The van der Waals surface area contributed by atoms with Crippen molar-refractivity contribution in [3.63, 3.8) is 0 Å². The van der Waals surface area contributed by atoms with Gasteiger partial charge in [0.1, 0.15) is 0 Å². The summed E-state index contributed by atoms with van der Waals surface area (Å²) >= 11 is 0. The van der Waals surface area contributed by atoms with Gasteiger partial charge >= 0.3 is 6.03 Å². The first kappa shape index (κ1) is 19.7. The van der Waals surface area contributed by atoms with Crippen LogP contribution >= 0.6 is 0 Å². The largest absolute Gasteiger partial charge is 0.373 e. The Hall–Kier alpha value is -2.08. The van der Waals surface area contributed by atoms with Crippen molar-refractivity contribution in [2.24, 2.45) is 5.92 Å². The first-order valence-corrected chi connectivity index (χ1v) is 10.0. The van der Waals surface area contributed by atoms with Gasteiger partial charge in [-0.25, -0.2) is 4.79 Å². The van der Waals surface area contributed by atoms with E-state index in [2.05, 4.69) is 17.4 Å². The summed E-state index contributed by atoms with van der Waals surface area (Å²) in [4.78, 5) is 28.1. The standard InChI is InChI=1S/C21H31N3O3/c1-16(2)24-14-18(12-20(24)25)13-22-21(26)23-10-8-19(9-11-23)27-15-17-6-4-3-5-7-17/h3-7,16,18-19H,8-15H2,1-2H3,(H,22,26)/t18-/m1/s1. The highest BCUT2D eigenvalue weighted by Gasteiger charge is 2.31. The van der Waals surface area contributed by atoms with E-state index in [-0.39, 0.29) is 30.0 Å². The second-order valence-corrected chi connectivity index (χ2v) is 7.88. The minimum atomic E-state index is -0.0213. The van der Waals surface area contributed by atoms with Crippen LogP contribution in [0.2, 0.25) is 0 Å². The molecule has 6 nitrogen and oxygen atoms in total. The predicted molar refractivity (Wildman–Crippen MR) is 104 cm³/mol. The Morgan fingerprint density at radius 2 is 1.93 bits per heavy atom. The van der Waals surface area contributed by atoms with Crippen molar-refractivity contribution in [2.45, 2.75) is 51.9 Å². The smallest absolute Gasteiger partial charge is 0.317 e. The number of nitrogens with one attached hydrogen (secondary N) is 1. The van der Waals surface area contributed by atoms with Crippen LogP contribution in [0.25, 0.3) is 0 Å². The van der Waals surface area contributed by atoms with Crippen LogP contribution in [-0.2, 0) is 16.1 Å². The van der Waals surface area contributed by atoms with E-state index in [1.807, 2.05) is 41.8 Å². The average molecular weight is 373 g/mol. The van der Waals surface area contributed by atoms with Crippen LogP contribution in [0.4, 0.5) is 4.79 Å². The Kier molecular flexibility index (Phi) is 6.72. The fourth-order valence-corrected chi connectivity index (χ4v) is 3.80. The Morgan fingerprint density at radius 3 is 2.56 bits per heavy atom. The molecule has 3 amide bonds. The number of hydrogen-bond acceptors (Lipinski definition) is 3. The number of ether oxygens (including phenoxy) is 1. The van der Waals surface area contributed by atoms with Gasteiger partial charge in [0.25, 0.3) is 0 Å². The number of benzene rings is 1. The molecule has 2 aliphatic heterocycles. The quantitative estimate of drug-likeness (QED) is 0.834. The average Bonchev–Trinajstić information content (AvgIpc) is 3.06. The van der Waals surface area contributed by atoms with Gasteiger partial charge in [0.05, 0.1) is 12.7 Å². The molecule has 2 heterocycles. The number of carbonyl (C=O) groups is 2. The summed E-state index contributed by atoms with van der Waals surface area (Å²) in [5.74, 6) is 0.413. The molecule has 2 aliphatic rings. The van der Waals surface area contributed by atoms with Gasteiger partial charge in [-0.1, -0.05) is 30.3 Å². The summed E-state index contributed by atoms with van der Waals surface area (Å²) in [5.41, 5.74) is 1.18. The number of nitrogens with zero attached hydrogens (tertiary/aromatic N) is 2. The van der Waals surface area contributed by atoms with E-state index in [0.29, 0.717) is 32.7 Å². The number of amides is 3. The predicted octanol–water partition coefficient (Wildman–Crippen LogP) is 2.63. The molecule has 2 saturated heterocycles. The van der Waals surface area contributed by atoms with E-state index in [0.717, 1.165) is 19.4 Å². The third kappa shape index (κ3) is 5.45. The molecule has 1 N–H and O–H groups in total. The molecule has 1 aromatic rings. The third-order valence-electron chi connectivity index (χ3n) is 5.46. The number of carbonyl (C=O) groups excluding carboxylic acids is 2. The van der Waals surface area contributed by atoms with Crippen molar-refractivity contribution in [3.8, 4) is 0 Å². The molecule has 2 fully saturated rings. The summed E-state index contributed by atoms with van der Waals surface area (Å²) in [6, 6.07) is 10.4. The zero-order chi connectivity index (χ0) is 19.2. The summed E-state index contributed by atoms with van der Waals surface area (Å²) in [5, 5.41) is 3.01. The minimum Gasteiger partial charge on any atom is -0.373 e. The van der Waals surface area contributed by atoms with E-state index in [9.17, 15) is 9.59 Å². The maximum absolute atomic E-state index is 12.4. The molecular weight excluding hydrogens is 342 g/mol. The van der Waals surface area contributed by atoms with E-state index in [1.165, 1.54) is 5.56 Å². The van der Waals surface area contributed by atoms with Crippen LogP contribution in [-0.4, -0.2) is 60.1 Å². The number of hydrogen-bond donors (Lipinski definition) is 1. The Bertz CT molecular complexity index is 627. The van der Waals surface area contributed by atoms with Crippen molar-refractivity contribution in [3.05, 3.63) is 35.9 Å². The molecule has 148 valence electrons. The van der Waals surface area contributed by atoms with Crippen LogP contribution in [0.3, 0.4) is 0 Å². The van der Waals surface area contributed by atoms with Gasteiger partial charge in [-0.15, -0.1) is 0 Å². The zero-order valence-corrected chi connectivity index (χ0v) is 16.4. The number of piperidine rings is 1. The molecule has 1 atom stereocenters. The van der Waals surface area contributed by atoms with Gasteiger partial charge in [-0.2, -0.15) is 0 Å². The lowest BCUT2D eigenvalue weighted by Crippen LogP contribution is -2.47. The Morgan fingerprint density at radius 1 is 1.22 bits per heavy atom. The van der Waals surface area contributed by atoms with Crippen LogP contribution in [0, 0.1) is 5.92 Å². The monoisotopic (exact) mass is 373 g/mol. The second-order valence-electron chi connectivity index (χ2n) is 7.88. The zero-order valence-electron chi connectivity index (χ0n) is 16.4. The SMILES string of the molecule is CC(C)N1C[C@@H](CNC(=O)N2CCC(OCc3ccccc3)CC2)CC1=O. The highest BCUT2D eigenvalue weighted by molar-refractivity contribution is 5.79. The van der Waals surface area contributed by atoms with Crippen LogP contribution < -0.4 is 5.32 Å². The van der Waals surface area contributed by atoms with E-state index in [4.69, 9.17) is 4.74 Å². The fraction of sp³-hybridized carbons (Fsp3) is 0.619. The van der Waals surface area contributed by atoms with Crippen LogP contribution in [0.15, 0.2) is 30.3 Å². The molecule has 0 bridgehead atoms. The number of urea groups is 1. The van der Waals surface area contributed by atoms with Gasteiger partial charge in [0, 0.05) is 44.6 Å². The van der Waals surface area contributed by atoms with Crippen molar-refractivity contribution in [2.75, 3.05) is 26.2 Å². The van der Waals surface area contributed by atoms with E-state index >= 15 is 0 Å². The summed E-state index contributed by atoms with van der Waals surface area (Å²) < 4.78 is 5.98. The first-order chi connectivity index (χ1) is 13.0. The van der Waals surface area contributed by atoms with Gasteiger partial charge < -0.3 is 19.9 Å². The number of rotatable bonds is 6. The molecule has 0 aliphatic carbocycles. The normalized spacial score (nSPS) is 21.1. The van der Waals surface area contributed by atoms with E-state index in [1.54, 1.807) is 0 Å². The maximum atomic E-state index is 12.4. The molecule has 6 heteroatoms. The fourth-order valence-electron chi connectivity index (χ4n) is 3.80.